The van der Waals surface area contributed by atoms with Crippen molar-refractivity contribution < 1.29 is 9.53 Å². The van der Waals surface area contributed by atoms with E-state index in [0.717, 1.165) is 29.6 Å². The molecule has 2 aliphatic rings. The Kier molecular flexibility index (Phi) is 4.84. The number of likely N-dealkylation sites (tertiary alicyclic amines) is 1. The van der Waals surface area contributed by atoms with Gasteiger partial charge in [0.2, 0.25) is 5.95 Å². The second kappa shape index (κ2) is 7.55. The lowest BCUT2D eigenvalue weighted by atomic mass is 9.92. The second-order valence-corrected chi connectivity index (χ2v) is 9.64. The van der Waals surface area contributed by atoms with Crippen LogP contribution in [0, 0.1) is 11.8 Å². The first kappa shape index (κ1) is 19.8. The summed E-state index contributed by atoms with van der Waals surface area (Å²) in [6.45, 7) is 7.16. The van der Waals surface area contributed by atoms with Gasteiger partial charge in [-0.3, -0.25) is 0 Å². The Hall–Kier alpha value is -3.09. The first-order chi connectivity index (χ1) is 14.9. The van der Waals surface area contributed by atoms with Gasteiger partial charge in [-0.15, -0.1) is 5.10 Å². The van der Waals surface area contributed by atoms with Crippen molar-refractivity contribution in [3.05, 3.63) is 48.7 Å². The van der Waals surface area contributed by atoms with Gasteiger partial charge in [-0.1, -0.05) is 30.3 Å². The number of carbonyl (C=O) groups is 1. The van der Waals surface area contributed by atoms with Crippen molar-refractivity contribution in [3.8, 4) is 11.1 Å². The van der Waals surface area contributed by atoms with Gasteiger partial charge >= 0.3 is 6.09 Å². The van der Waals surface area contributed by atoms with Crippen molar-refractivity contribution in [2.75, 3.05) is 18.4 Å². The molecule has 5 rings (SSSR count). The zero-order valence-electron chi connectivity index (χ0n) is 18.3. The summed E-state index contributed by atoms with van der Waals surface area (Å²) in [7, 11) is 0. The molecule has 7 nitrogen and oxygen atoms in total. The maximum Gasteiger partial charge on any atom is 0.410 e. The smallest absolute Gasteiger partial charge is 0.410 e. The van der Waals surface area contributed by atoms with Gasteiger partial charge < -0.3 is 15.0 Å². The highest BCUT2D eigenvalue weighted by atomic mass is 16.6. The Morgan fingerprint density at radius 2 is 1.77 bits per heavy atom. The van der Waals surface area contributed by atoms with Crippen LogP contribution in [0.1, 0.15) is 33.6 Å². The lowest BCUT2D eigenvalue weighted by molar-refractivity contribution is 0.0141. The van der Waals surface area contributed by atoms with Gasteiger partial charge in [0.05, 0.1) is 0 Å². The van der Waals surface area contributed by atoms with Crippen molar-refractivity contribution in [1.29, 1.82) is 0 Å². The van der Waals surface area contributed by atoms with Crippen LogP contribution < -0.4 is 5.32 Å². The maximum atomic E-state index is 12.5. The monoisotopic (exact) mass is 419 g/mol. The van der Waals surface area contributed by atoms with E-state index < -0.39 is 5.60 Å². The molecule has 2 aromatic heterocycles. The van der Waals surface area contributed by atoms with Gasteiger partial charge in [0.15, 0.2) is 5.65 Å². The highest BCUT2D eigenvalue weighted by Gasteiger charge is 2.44. The largest absolute Gasteiger partial charge is 0.444 e. The molecule has 0 unspecified atom stereocenters. The third kappa shape index (κ3) is 3.96. The molecule has 7 heteroatoms. The predicted octanol–water partition coefficient (Wildman–Crippen LogP) is 4.45. The van der Waals surface area contributed by atoms with Crippen molar-refractivity contribution in [1.82, 2.24) is 19.5 Å². The number of amides is 1. The van der Waals surface area contributed by atoms with E-state index in [1.54, 1.807) is 0 Å². The number of hydrogen-bond donors (Lipinski definition) is 1. The van der Waals surface area contributed by atoms with Crippen molar-refractivity contribution in [3.63, 3.8) is 0 Å². The van der Waals surface area contributed by atoms with E-state index in [2.05, 4.69) is 28.6 Å². The molecule has 1 amide bonds. The molecule has 3 heterocycles. The SMILES string of the molecule is CC(C)(C)OC(=O)N1C[C@H]2CC[C@@H](C1)[C@@H]2Nc1nc2c(-c3ccccc3)cccn2n1. The molecule has 1 aliphatic carbocycles. The zero-order valence-corrected chi connectivity index (χ0v) is 18.3. The van der Waals surface area contributed by atoms with E-state index in [-0.39, 0.29) is 12.1 Å². The van der Waals surface area contributed by atoms with Crippen molar-refractivity contribution in [2.45, 2.75) is 45.3 Å². The minimum Gasteiger partial charge on any atom is -0.444 e. The van der Waals surface area contributed by atoms with Gasteiger partial charge in [-0.05, 0) is 63.1 Å². The van der Waals surface area contributed by atoms with E-state index in [9.17, 15) is 4.79 Å². The fraction of sp³-hybridized carbons (Fsp3) is 0.458. The third-order valence-corrected chi connectivity index (χ3v) is 6.23. The Morgan fingerprint density at radius 1 is 1.06 bits per heavy atom. The summed E-state index contributed by atoms with van der Waals surface area (Å²) in [4.78, 5) is 19.2. The van der Waals surface area contributed by atoms with Gasteiger partial charge in [0.25, 0.3) is 0 Å². The summed E-state index contributed by atoms with van der Waals surface area (Å²) in [5, 5.41) is 8.28. The lowest BCUT2D eigenvalue weighted by Gasteiger charge is -2.38. The molecule has 2 bridgehead atoms. The molecule has 0 radical (unpaired) electrons. The Labute approximate surface area is 182 Å². The minimum absolute atomic E-state index is 0.207. The molecule has 0 spiro atoms. The van der Waals surface area contributed by atoms with Crippen LogP contribution in [0.4, 0.5) is 10.7 Å². The highest BCUT2D eigenvalue weighted by molar-refractivity contribution is 5.77. The van der Waals surface area contributed by atoms with Crippen LogP contribution >= 0.6 is 0 Å². The van der Waals surface area contributed by atoms with Crippen LogP contribution in [0.2, 0.25) is 0 Å². The lowest BCUT2D eigenvalue weighted by Crippen LogP contribution is -2.51. The van der Waals surface area contributed by atoms with Gasteiger partial charge in [0, 0.05) is 30.9 Å². The Morgan fingerprint density at radius 3 is 2.45 bits per heavy atom. The number of aromatic nitrogens is 3. The number of anilines is 1. The average Bonchev–Trinajstić information content (AvgIpc) is 3.23. The molecule has 2 fully saturated rings. The fourth-order valence-corrected chi connectivity index (χ4v) is 4.89. The van der Waals surface area contributed by atoms with Crippen LogP contribution in [-0.4, -0.2) is 50.3 Å². The van der Waals surface area contributed by atoms with Crippen molar-refractivity contribution >= 4 is 17.7 Å². The summed E-state index contributed by atoms with van der Waals surface area (Å²) >= 11 is 0. The van der Waals surface area contributed by atoms with Gasteiger partial charge in [0.1, 0.15) is 5.60 Å². The molecule has 1 saturated carbocycles. The first-order valence-electron chi connectivity index (χ1n) is 11.0. The van der Waals surface area contributed by atoms with E-state index >= 15 is 0 Å². The summed E-state index contributed by atoms with van der Waals surface area (Å²) in [5.41, 5.74) is 2.56. The molecular weight excluding hydrogens is 390 g/mol. The Bertz CT molecular complexity index is 1070. The number of pyridine rings is 1. The van der Waals surface area contributed by atoms with Crippen LogP contribution in [0.15, 0.2) is 48.7 Å². The third-order valence-electron chi connectivity index (χ3n) is 6.23. The molecular formula is C24H29N5O2. The summed E-state index contributed by atoms with van der Waals surface area (Å²) in [5.74, 6) is 1.41. The maximum absolute atomic E-state index is 12.5. The van der Waals surface area contributed by atoms with Gasteiger partial charge in [-0.2, -0.15) is 4.98 Å². The second-order valence-electron chi connectivity index (χ2n) is 9.64. The minimum atomic E-state index is -0.470. The zero-order chi connectivity index (χ0) is 21.6. The number of benzene rings is 1. The van der Waals surface area contributed by atoms with E-state index in [1.165, 1.54) is 0 Å². The Balaban J connectivity index is 1.34. The predicted molar refractivity (Wildman–Crippen MR) is 120 cm³/mol. The number of nitrogens with zero attached hydrogens (tertiary/aromatic N) is 4. The summed E-state index contributed by atoms with van der Waals surface area (Å²) < 4.78 is 7.42. The molecule has 31 heavy (non-hydrogen) atoms. The highest BCUT2D eigenvalue weighted by Crippen LogP contribution is 2.39. The fourth-order valence-electron chi connectivity index (χ4n) is 4.89. The van der Waals surface area contributed by atoms with Crippen molar-refractivity contribution in [2.24, 2.45) is 11.8 Å². The molecule has 3 aromatic rings. The molecule has 1 aliphatic heterocycles. The van der Waals surface area contributed by atoms with Crippen LogP contribution in [0.5, 0.6) is 0 Å². The number of hydrogen-bond acceptors (Lipinski definition) is 5. The molecule has 162 valence electrons. The number of fused-ring (bicyclic) bond motifs is 3. The first-order valence-corrected chi connectivity index (χ1v) is 11.0. The molecule has 3 atom stereocenters. The van der Waals surface area contributed by atoms with Crippen LogP contribution in [-0.2, 0) is 4.74 Å². The number of piperidine rings is 1. The number of ether oxygens (including phenoxy) is 1. The van der Waals surface area contributed by atoms with E-state index in [4.69, 9.17) is 9.72 Å². The standard InChI is InChI=1S/C24H29N5O2/c1-24(2,3)31-23(30)28-14-17-11-12-18(15-28)20(17)25-22-26-21-19(10-7-13-29(21)27-22)16-8-5-4-6-9-16/h4-10,13,17-18,20H,11-12,14-15H2,1-3H3,(H,25,27)/t17-,18+,20-. The molecule has 1 N–H and O–H groups in total. The number of rotatable bonds is 3. The summed E-state index contributed by atoms with van der Waals surface area (Å²) in [6.07, 6.45) is 3.93. The number of carbonyl (C=O) groups excluding carboxylic acids is 1. The van der Waals surface area contributed by atoms with E-state index in [0.29, 0.717) is 30.9 Å². The number of nitrogens with one attached hydrogen (secondary N) is 1. The molecule has 1 saturated heterocycles. The van der Waals surface area contributed by atoms with Crippen LogP contribution in [0.3, 0.4) is 0 Å². The summed E-state index contributed by atoms with van der Waals surface area (Å²) in [6, 6.07) is 14.6. The van der Waals surface area contributed by atoms with E-state index in [1.807, 2.05) is 60.6 Å². The van der Waals surface area contributed by atoms with Crippen LogP contribution in [0.25, 0.3) is 16.8 Å². The normalized spacial score (nSPS) is 23.2. The molecule has 1 aromatic carbocycles. The topological polar surface area (TPSA) is 71.8 Å². The average molecular weight is 420 g/mol. The quantitative estimate of drug-likeness (QED) is 0.679. The van der Waals surface area contributed by atoms with Gasteiger partial charge in [-0.25, -0.2) is 9.31 Å².